The van der Waals surface area contributed by atoms with Gasteiger partial charge < -0.3 is 15.7 Å². The molecule has 1 aliphatic carbocycles. The summed E-state index contributed by atoms with van der Waals surface area (Å²) >= 11 is 0. The van der Waals surface area contributed by atoms with E-state index in [-0.39, 0.29) is 17.7 Å². The van der Waals surface area contributed by atoms with Crippen LogP contribution in [0.15, 0.2) is 6.07 Å². The number of aliphatic hydroxyl groups excluding tert-OH is 1. The van der Waals surface area contributed by atoms with Gasteiger partial charge in [-0.2, -0.15) is 0 Å². The molecule has 4 nitrogen and oxygen atoms in total. The molecule has 2 unspecified atom stereocenters. The fourth-order valence-electron chi connectivity index (χ4n) is 2.45. The number of nitrogens with zero attached hydrogens (tertiary/aromatic N) is 1. The van der Waals surface area contributed by atoms with Crippen LogP contribution in [0.25, 0.3) is 0 Å². The molecule has 0 radical (unpaired) electrons. The number of pyridine rings is 1. The summed E-state index contributed by atoms with van der Waals surface area (Å²) in [6.45, 7) is 0.537. The van der Waals surface area contributed by atoms with Crippen LogP contribution >= 0.6 is 0 Å². The van der Waals surface area contributed by atoms with Gasteiger partial charge in [-0.15, -0.1) is 0 Å². The lowest BCUT2D eigenvalue weighted by Crippen LogP contribution is -2.25. The van der Waals surface area contributed by atoms with Gasteiger partial charge in [0.15, 0.2) is 23.3 Å². The third kappa shape index (κ3) is 3.53. The number of halogens is 2. The maximum absolute atomic E-state index is 13.6. The molecule has 3 N–H and O–H groups in total. The van der Waals surface area contributed by atoms with E-state index in [1.165, 1.54) is 7.05 Å². The van der Waals surface area contributed by atoms with Gasteiger partial charge in [0.25, 0.3) is 0 Å². The summed E-state index contributed by atoms with van der Waals surface area (Å²) in [7, 11) is 1.53. The van der Waals surface area contributed by atoms with Crippen molar-refractivity contribution in [3.05, 3.63) is 17.7 Å². The molecular formula is C13H19F2N3O. The Morgan fingerprint density at radius 1 is 1.32 bits per heavy atom. The number of rotatable bonds is 4. The fraction of sp³-hybridized carbons (Fsp3) is 0.615. The van der Waals surface area contributed by atoms with Gasteiger partial charge in [-0.1, -0.05) is 6.42 Å². The Kier molecular flexibility index (Phi) is 4.52. The van der Waals surface area contributed by atoms with Crippen molar-refractivity contribution < 1.29 is 13.9 Å². The first-order valence-corrected chi connectivity index (χ1v) is 6.56. The molecule has 0 bridgehead atoms. The molecule has 1 saturated carbocycles. The normalized spacial score (nSPS) is 23.2. The summed E-state index contributed by atoms with van der Waals surface area (Å²) in [5.74, 6) is -1.04. The number of aliphatic hydroxyl groups is 1. The van der Waals surface area contributed by atoms with Crippen LogP contribution in [0.2, 0.25) is 0 Å². The van der Waals surface area contributed by atoms with Crippen LogP contribution in [0, 0.1) is 17.6 Å². The minimum Gasteiger partial charge on any atom is -0.393 e. The maximum atomic E-state index is 13.6. The molecule has 1 heterocycles. The molecule has 19 heavy (non-hydrogen) atoms. The van der Waals surface area contributed by atoms with E-state index < -0.39 is 11.6 Å². The van der Waals surface area contributed by atoms with E-state index in [9.17, 15) is 13.9 Å². The molecule has 0 aliphatic heterocycles. The van der Waals surface area contributed by atoms with Crippen molar-refractivity contribution in [2.45, 2.75) is 31.8 Å². The molecule has 1 fully saturated rings. The largest absolute Gasteiger partial charge is 0.393 e. The zero-order chi connectivity index (χ0) is 13.8. The van der Waals surface area contributed by atoms with Crippen molar-refractivity contribution in [2.75, 3.05) is 24.2 Å². The Balaban J connectivity index is 1.99. The predicted molar refractivity (Wildman–Crippen MR) is 70.2 cm³/mol. The Morgan fingerprint density at radius 3 is 2.74 bits per heavy atom. The van der Waals surface area contributed by atoms with Crippen LogP contribution < -0.4 is 10.6 Å². The van der Waals surface area contributed by atoms with Gasteiger partial charge in [-0.05, 0) is 25.2 Å². The zero-order valence-corrected chi connectivity index (χ0v) is 10.9. The molecule has 2 atom stereocenters. The molecule has 1 aliphatic rings. The van der Waals surface area contributed by atoms with E-state index in [4.69, 9.17) is 0 Å². The Bertz CT molecular complexity index is 442. The van der Waals surface area contributed by atoms with Gasteiger partial charge in [-0.3, -0.25) is 0 Å². The lowest BCUT2D eigenvalue weighted by atomic mass is 9.87. The summed E-state index contributed by atoms with van der Waals surface area (Å²) in [5.41, 5.74) is 0. The summed E-state index contributed by atoms with van der Waals surface area (Å²) in [6, 6.07) is 0.816. The Morgan fingerprint density at radius 2 is 2.05 bits per heavy atom. The van der Waals surface area contributed by atoms with Crippen LogP contribution in [-0.2, 0) is 0 Å². The molecule has 106 valence electrons. The van der Waals surface area contributed by atoms with Crippen molar-refractivity contribution in [1.29, 1.82) is 0 Å². The number of anilines is 2. The van der Waals surface area contributed by atoms with Crippen LogP contribution in [0.1, 0.15) is 25.7 Å². The van der Waals surface area contributed by atoms with Gasteiger partial charge in [0, 0.05) is 19.7 Å². The van der Waals surface area contributed by atoms with Gasteiger partial charge in [-0.25, -0.2) is 13.8 Å². The van der Waals surface area contributed by atoms with E-state index >= 15 is 0 Å². The minimum absolute atomic E-state index is 0.0209. The number of nitrogens with one attached hydrogen (secondary N) is 2. The zero-order valence-electron chi connectivity index (χ0n) is 10.9. The van der Waals surface area contributed by atoms with Crippen LogP contribution in [0.5, 0.6) is 0 Å². The van der Waals surface area contributed by atoms with Crippen LogP contribution in [-0.4, -0.2) is 29.8 Å². The van der Waals surface area contributed by atoms with Gasteiger partial charge in [0.2, 0.25) is 0 Å². The summed E-state index contributed by atoms with van der Waals surface area (Å²) in [6.07, 6.45) is 3.28. The average molecular weight is 271 g/mol. The third-order valence-electron chi connectivity index (χ3n) is 3.48. The standard InChI is InChI=1S/C13H19F2N3O/c1-16-12-10(14)6-11(15)13(18-12)17-7-8-3-2-4-9(19)5-8/h6,8-9,19H,2-5,7H2,1H3,(H2,16,17,18). The smallest absolute Gasteiger partial charge is 0.168 e. The molecule has 0 saturated heterocycles. The molecule has 2 rings (SSSR count). The second-order valence-corrected chi connectivity index (χ2v) is 4.97. The average Bonchev–Trinajstić information content (AvgIpc) is 2.38. The minimum atomic E-state index is -0.710. The first-order chi connectivity index (χ1) is 9.10. The lowest BCUT2D eigenvalue weighted by molar-refractivity contribution is 0.104. The topological polar surface area (TPSA) is 57.2 Å². The van der Waals surface area contributed by atoms with E-state index in [2.05, 4.69) is 15.6 Å². The highest BCUT2D eigenvalue weighted by Gasteiger charge is 2.20. The van der Waals surface area contributed by atoms with Crippen LogP contribution in [0.4, 0.5) is 20.4 Å². The molecule has 0 aromatic carbocycles. The molecule has 0 amide bonds. The van der Waals surface area contributed by atoms with Crippen molar-refractivity contribution >= 4 is 11.6 Å². The maximum Gasteiger partial charge on any atom is 0.168 e. The van der Waals surface area contributed by atoms with Crippen molar-refractivity contribution in [3.63, 3.8) is 0 Å². The quantitative estimate of drug-likeness (QED) is 0.787. The van der Waals surface area contributed by atoms with Gasteiger partial charge >= 0.3 is 0 Å². The van der Waals surface area contributed by atoms with Gasteiger partial charge in [0.05, 0.1) is 6.10 Å². The van der Waals surface area contributed by atoms with Crippen molar-refractivity contribution in [1.82, 2.24) is 4.98 Å². The first-order valence-electron chi connectivity index (χ1n) is 6.56. The number of aromatic nitrogens is 1. The highest BCUT2D eigenvalue weighted by molar-refractivity contribution is 5.47. The number of hydrogen-bond acceptors (Lipinski definition) is 4. The van der Waals surface area contributed by atoms with E-state index in [0.29, 0.717) is 18.9 Å². The summed E-state index contributed by atoms with van der Waals surface area (Å²) in [5, 5.41) is 15.0. The summed E-state index contributed by atoms with van der Waals surface area (Å²) < 4.78 is 26.8. The highest BCUT2D eigenvalue weighted by atomic mass is 19.1. The molecule has 6 heteroatoms. The van der Waals surface area contributed by atoms with Crippen LogP contribution in [0.3, 0.4) is 0 Å². The lowest BCUT2D eigenvalue weighted by Gasteiger charge is -2.26. The SMILES string of the molecule is CNc1nc(NCC2CCCC(O)C2)c(F)cc1F. The monoisotopic (exact) mass is 271 g/mol. The van der Waals surface area contributed by atoms with Crippen molar-refractivity contribution in [3.8, 4) is 0 Å². The third-order valence-corrected chi connectivity index (χ3v) is 3.48. The molecule has 1 aromatic rings. The second-order valence-electron chi connectivity index (χ2n) is 4.97. The molecule has 1 aromatic heterocycles. The Labute approximate surface area is 111 Å². The molecule has 0 spiro atoms. The van der Waals surface area contributed by atoms with Gasteiger partial charge in [0.1, 0.15) is 0 Å². The summed E-state index contributed by atoms with van der Waals surface area (Å²) in [4.78, 5) is 3.86. The van der Waals surface area contributed by atoms with E-state index in [1.807, 2.05) is 0 Å². The number of hydrogen-bond donors (Lipinski definition) is 3. The fourth-order valence-corrected chi connectivity index (χ4v) is 2.45. The first kappa shape index (κ1) is 14.0. The highest BCUT2D eigenvalue weighted by Crippen LogP contribution is 2.25. The molecular weight excluding hydrogens is 252 g/mol. The Hall–Kier alpha value is -1.43. The second kappa shape index (κ2) is 6.14. The van der Waals surface area contributed by atoms with Crippen molar-refractivity contribution in [2.24, 2.45) is 5.92 Å². The van der Waals surface area contributed by atoms with E-state index in [0.717, 1.165) is 25.3 Å². The van der Waals surface area contributed by atoms with E-state index in [1.54, 1.807) is 0 Å². The predicted octanol–water partition coefficient (Wildman–Crippen LogP) is 2.36.